The molecule has 1 aromatic rings. The van der Waals surface area contributed by atoms with Gasteiger partial charge in [-0.3, -0.25) is 4.79 Å². The molecule has 0 atom stereocenters. The number of aromatic hydroxyl groups is 1. The van der Waals surface area contributed by atoms with Crippen molar-refractivity contribution in [1.82, 2.24) is 0 Å². The van der Waals surface area contributed by atoms with Crippen LogP contribution in [0.15, 0.2) is 47.7 Å². The van der Waals surface area contributed by atoms with Crippen LogP contribution >= 0.6 is 0 Å². The fraction of sp³-hybridized carbons (Fsp3) is 0.476. The third-order valence-corrected chi connectivity index (χ3v) is 4.31. The van der Waals surface area contributed by atoms with Crippen molar-refractivity contribution in [2.24, 2.45) is 0 Å². The molecule has 0 fully saturated rings. The summed E-state index contributed by atoms with van der Waals surface area (Å²) >= 11 is 0. The van der Waals surface area contributed by atoms with Crippen molar-refractivity contribution in [3.05, 3.63) is 53.3 Å². The van der Waals surface area contributed by atoms with E-state index in [4.69, 9.17) is 9.47 Å². The molecular formula is C21H28O5. The van der Waals surface area contributed by atoms with Crippen LogP contribution < -0.4 is 0 Å². The summed E-state index contributed by atoms with van der Waals surface area (Å²) < 4.78 is 11.8. The Morgan fingerprint density at radius 2 is 1.69 bits per heavy atom. The summed E-state index contributed by atoms with van der Waals surface area (Å²) in [5.41, 5.74) is 0.310. The number of hydrogen-bond acceptors (Lipinski definition) is 5. The number of ether oxygens (including phenoxy) is 2. The molecule has 5 heteroatoms. The molecule has 0 bridgehead atoms. The topological polar surface area (TPSA) is 76.0 Å². The van der Waals surface area contributed by atoms with Gasteiger partial charge in [0.1, 0.15) is 11.5 Å². The molecule has 0 amide bonds. The lowest BCUT2D eigenvalue weighted by molar-refractivity contribution is -0.208. The second-order valence-corrected chi connectivity index (χ2v) is 6.43. The number of carbonyl (C=O) groups excluding carboxylic acids is 1. The first-order chi connectivity index (χ1) is 12.5. The molecule has 1 aliphatic carbocycles. The van der Waals surface area contributed by atoms with Crippen LogP contribution in [0.25, 0.3) is 0 Å². The normalized spacial score (nSPS) is 16.1. The van der Waals surface area contributed by atoms with Gasteiger partial charge in [-0.15, -0.1) is 0 Å². The van der Waals surface area contributed by atoms with Crippen LogP contribution in [0.4, 0.5) is 0 Å². The molecular weight excluding hydrogens is 332 g/mol. The van der Waals surface area contributed by atoms with Gasteiger partial charge in [-0.25, -0.2) is 0 Å². The van der Waals surface area contributed by atoms with Crippen LogP contribution in [-0.4, -0.2) is 35.0 Å². The van der Waals surface area contributed by atoms with Crippen LogP contribution in [0, 0.1) is 0 Å². The number of benzene rings is 1. The molecule has 0 heterocycles. The van der Waals surface area contributed by atoms with Gasteiger partial charge in [-0.2, -0.15) is 0 Å². The second-order valence-electron chi connectivity index (χ2n) is 6.43. The highest BCUT2D eigenvalue weighted by Crippen LogP contribution is 2.33. The van der Waals surface area contributed by atoms with E-state index in [0.717, 1.165) is 25.7 Å². The number of phenols is 1. The van der Waals surface area contributed by atoms with Gasteiger partial charge < -0.3 is 19.7 Å². The smallest absolute Gasteiger partial charge is 0.200 e. The zero-order valence-corrected chi connectivity index (χ0v) is 15.5. The van der Waals surface area contributed by atoms with Crippen LogP contribution in [0.1, 0.15) is 56.3 Å². The van der Waals surface area contributed by atoms with Crippen molar-refractivity contribution in [1.29, 1.82) is 0 Å². The molecule has 2 rings (SSSR count). The maximum absolute atomic E-state index is 12.7. The number of allylic oxidation sites excluding steroid dienone is 2. The number of Topliss-reactive ketones (excluding diaryl/α,β-unsaturated/α-hetero) is 1. The second kappa shape index (κ2) is 9.55. The fourth-order valence-electron chi connectivity index (χ4n) is 2.73. The van der Waals surface area contributed by atoms with E-state index in [0.29, 0.717) is 13.2 Å². The van der Waals surface area contributed by atoms with Gasteiger partial charge >= 0.3 is 0 Å². The number of rotatable bonds is 10. The monoisotopic (exact) mass is 360 g/mol. The molecule has 0 spiro atoms. The molecule has 1 aliphatic rings. The molecule has 0 unspecified atom stereocenters. The summed E-state index contributed by atoms with van der Waals surface area (Å²) in [4.78, 5) is 12.7. The number of unbranched alkanes of at least 4 members (excludes halogenated alkanes) is 2. The van der Waals surface area contributed by atoms with E-state index in [1.165, 1.54) is 18.2 Å². The van der Waals surface area contributed by atoms with Crippen molar-refractivity contribution in [3.63, 3.8) is 0 Å². The lowest BCUT2D eigenvalue weighted by Gasteiger charge is -2.33. The minimum Gasteiger partial charge on any atom is -0.511 e. The Labute approximate surface area is 154 Å². The third kappa shape index (κ3) is 4.96. The Morgan fingerprint density at radius 1 is 1.08 bits per heavy atom. The number of hydrogen-bond donors (Lipinski definition) is 2. The van der Waals surface area contributed by atoms with Gasteiger partial charge in [0.05, 0.1) is 30.8 Å². The molecule has 0 radical (unpaired) electrons. The van der Waals surface area contributed by atoms with Crippen LogP contribution in [0.5, 0.6) is 5.75 Å². The highest BCUT2D eigenvalue weighted by atomic mass is 16.7. The molecule has 0 saturated heterocycles. The molecule has 5 nitrogen and oxygen atoms in total. The minimum atomic E-state index is -1.04. The fourth-order valence-corrected chi connectivity index (χ4v) is 2.73. The quantitative estimate of drug-likeness (QED) is 0.360. The average molecular weight is 360 g/mol. The van der Waals surface area contributed by atoms with Crippen LogP contribution in [-0.2, 0) is 9.47 Å². The molecule has 0 aliphatic heterocycles. The van der Waals surface area contributed by atoms with E-state index in [-0.39, 0.29) is 29.1 Å². The van der Waals surface area contributed by atoms with Gasteiger partial charge in [0, 0.05) is 0 Å². The SMILES string of the molecule is CCCCOC1(OCCCC)C=CC(C(=O)c2ccccc2O)=C(O)C1. The Hall–Kier alpha value is -2.11. The molecule has 2 N–H and O–H groups in total. The van der Waals surface area contributed by atoms with Crippen molar-refractivity contribution in [2.45, 2.75) is 51.7 Å². The number of carbonyl (C=O) groups is 1. The van der Waals surface area contributed by atoms with Crippen molar-refractivity contribution < 1.29 is 24.5 Å². The predicted octanol–water partition coefficient (Wildman–Crippen LogP) is 4.68. The number of ketones is 1. The van der Waals surface area contributed by atoms with Gasteiger partial charge in [0.2, 0.25) is 0 Å². The van der Waals surface area contributed by atoms with E-state index >= 15 is 0 Å². The summed E-state index contributed by atoms with van der Waals surface area (Å²) in [6.07, 6.45) is 7.07. The first-order valence-electron chi connectivity index (χ1n) is 9.25. The number of aliphatic hydroxyl groups excluding tert-OH is 1. The summed E-state index contributed by atoms with van der Waals surface area (Å²) in [6.45, 7) is 5.18. The first-order valence-corrected chi connectivity index (χ1v) is 9.25. The van der Waals surface area contributed by atoms with Gasteiger partial charge in [0.25, 0.3) is 0 Å². The third-order valence-electron chi connectivity index (χ3n) is 4.31. The van der Waals surface area contributed by atoms with Crippen LogP contribution in [0.3, 0.4) is 0 Å². The highest BCUT2D eigenvalue weighted by Gasteiger charge is 2.36. The zero-order chi connectivity index (χ0) is 19.0. The van der Waals surface area contributed by atoms with E-state index in [9.17, 15) is 15.0 Å². The van der Waals surface area contributed by atoms with Crippen molar-refractivity contribution in [3.8, 4) is 5.75 Å². The first kappa shape index (κ1) is 20.2. The Balaban J connectivity index is 2.19. The summed E-state index contributed by atoms with van der Waals surface area (Å²) in [5, 5.41) is 20.4. The van der Waals surface area contributed by atoms with Crippen molar-refractivity contribution in [2.75, 3.05) is 13.2 Å². The molecule has 0 saturated carbocycles. The minimum absolute atomic E-state index is 0.0750. The summed E-state index contributed by atoms with van der Waals surface area (Å²) in [5.74, 6) is -1.67. The summed E-state index contributed by atoms with van der Waals surface area (Å²) in [7, 11) is 0. The van der Waals surface area contributed by atoms with Gasteiger partial charge in [0.15, 0.2) is 11.6 Å². The Kier molecular flexibility index (Phi) is 7.42. The summed E-state index contributed by atoms with van der Waals surface area (Å²) in [6, 6.07) is 6.29. The van der Waals surface area contributed by atoms with Crippen molar-refractivity contribution >= 4 is 5.78 Å². The lowest BCUT2D eigenvalue weighted by Crippen LogP contribution is -2.37. The van der Waals surface area contributed by atoms with E-state index in [1.54, 1.807) is 18.2 Å². The Morgan fingerprint density at radius 3 is 2.23 bits per heavy atom. The molecule has 0 aromatic heterocycles. The van der Waals surface area contributed by atoms with Gasteiger partial charge in [-0.1, -0.05) is 38.8 Å². The number of phenolic OH excluding ortho intramolecular Hbond substituents is 1. The zero-order valence-electron chi connectivity index (χ0n) is 15.5. The molecule has 1 aromatic carbocycles. The van der Waals surface area contributed by atoms with E-state index in [1.807, 2.05) is 0 Å². The average Bonchev–Trinajstić information content (AvgIpc) is 2.62. The van der Waals surface area contributed by atoms with E-state index in [2.05, 4.69) is 13.8 Å². The predicted molar refractivity (Wildman–Crippen MR) is 100 cm³/mol. The molecule has 142 valence electrons. The lowest BCUT2D eigenvalue weighted by atomic mass is 9.93. The highest BCUT2D eigenvalue weighted by molar-refractivity contribution is 6.12. The Bertz CT molecular complexity index is 665. The standard InChI is InChI=1S/C21H28O5/c1-3-5-13-25-21(26-14-6-4-2)12-11-17(19(23)15-21)20(24)16-9-7-8-10-18(16)22/h7-12,22-23H,3-6,13-15H2,1-2H3. The van der Waals surface area contributed by atoms with Crippen LogP contribution in [0.2, 0.25) is 0 Å². The van der Waals surface area contributed by atoms with E-state index < -0.39 is 11.6 Å². The maximum Gasteiger partial charge on any atom is 0.200 e. The number of aliphatic hydroxyl groups is 1. The number of para-hydroxylation sites is 1. The molecule has 26 heavy (non-hydrogen) atoms. The van der Waals surface area contributed by atoms with Gasteiger partial charge in [-0.05, 0) is 37.1 Å². The largest absolute Gasteiger partial charge is 0.511 e. The maximum atomic E-state index is 12.7.